The zero-order valence-corrected chi connectivity index (χ0v) is 10.2. The predicted octanol–water partition coefficient (Wildman–Crippen LogP) is 1.51. The molecule has 2 rings (SSSR count). The first-order valence-electron chi connectivity index (χ1n) is 5.72. The molecule has 0 atom stereocenters. The first kappa shape index (κ1) is 11.6. The number of nitrogens with zero attached hydrogens (tertiary/aromatic N) is 5. The molecule has 0 spiro atoms. The second-order valence-corrected chi connectivity index (χ2v) is 4.01. The highest BCUT2D eigenvalue weighted by Crippen LogP contribution is 2.06. The Balaban J connectivity index is 1.81. The zero-order valence-electron chi connectivity index (χ0n) is 10.2. The highest BCUT2D eigenvalue weighted by Gasteiger charge is 2.02. The summed E-state index contributed by atoms with van der Waals surface area (Å²) in [7, 11) is 2.03. The second-order valence-electron chi connectivity index (χ2n) is 4.01. The molecule has 0 saturated heterocycles. The van der Waals surface area contributed by atoms with Gasteiger partial charge in [-0.05, 0) is 13.3 Å². The standard InChI is InChI=1S/C12H17N5/c1-11-14-6-9-17(11)8-3-7-16(2)12-10-13-4-5-15-12/h4-6,9-10H,3,7-8H2,1-2H3. The van der Waals surface area contributed by atoms with E-state index in [2.05, 4.69) is 24.4 Å². The number of hydrogen-bond donors (Lipinski definition) is 0. The molecule has 0 aliphatic carbocycles. The van der Waals surface area contributed by atoms with Crippen molar-refractivity contribution in [1.82, 2.24) is 19.5 Å². The minimum atomic E-state index is 0.912. The first-order chi connectivity index (χ1) is 8.27. The molecule has 0 radical (unpaired) electrons. The van der Waals surface area contributed by atoms with Gasteiger partial charge in [-0.25, -0.2) is 9.97 Å². The van der Waals surface area contributed by atoms with Crippen molar-refractivity contribution >= 4 is 5.82 Å². The van der Waals surface area contributed by atoms with Crippen LogP contribution in [0.25, 0.3) is 0 Å². The number of imidazole rings is 1. The fourth-order valence-corrected chi connectivity index (χ4v) is 1.72. The van der Waals surface area contributed by atoms with Gasteiger partial charge in [-0.3, -0.25) is 4.98 Å². The van der Waals surface area contributed by atoms with Gasteiger partial charge in [0, 0.05) is 44.9 Å². The molecule has 0 aliphatic rings. The molecule has 0 bridgehead atoms. The van der Waals surface area contributed by atoms with Crippen LogP contribution in [0.5, 0.6) is 0 Å². The van der Waals surface area contributed by atoms with Crippen molar-refractivity contribution in [3.63, 3.8) is 0 Å². The Morgan fingerprint density at radius 1 is 1.24 bits per heavy atom. The summed E-state index contributed by atoms with van der Waals surface area (Å²) in [6, 6.07) is 0. The van der Waals surface area contributed by atoms with Crippen molar-refractivity contribution in [2.24, 2.45) is 0 Å². The molecule has 0 aromatic carbocycles. The van der Waals surface area contributed by atoms with Gasteiger partial charge in [0.05, 0.1) is 6.20 Å². The van der Waals surface area contributed by atoms with Crippen molar-refractivity contribution < 1.29 is 0 Å². The monoisotopic (exact) mass is 231 g/mol. The second kappa shape index (κ2) is 5.43. The number of rotatable bonds is 5. The Morgan fingerprint density at radius 3 is 2.76 bits per heavy atom. The molecular formula is C12H17N5. The van der Waals surface area contributed by atoms with Crippen LogP contribution in [0.1, 0.15) is 12.2 Å². The van der Waals surface area contributed by atoms with Crippen molar-refractivity contribution in [2.45, 2.75) is 19.9 Å². The van der Waals surface area contributed by atoms with Crippen molar-refractivity contribution in [3.05, 3.63) is 36.8 Å². The highest BCUT2D eigenvalue weighted by atomic mass is 15.2. The fraction of sp³-hybridized carbons (Fsp3) is 0.417. The van der Waals surface area contributed by atoms with Crippen molar-refractivity contribution in [2.75, 3.05) is 18.5 Å². The van der Waals surface area contributed by atoms with Gasteiger partial charge in [0.25, 0.3) is 0 Å². The summed E-state index contributed by atoms with van der Waals surface area (Å²) in [6.07, 6.45) is 10.1. The fourth-order valence-electron chi connectivity index (χ4n) is 1.72. The molecule has 2 heterocycles. The first-order valence-corrected chi connectivity index (χ1v) is 5.72. The molecule has 0 fully saturated rings. The number of aryl methyl sites for hydroxylation is 2. The third-order valence-corrected chi connectivity index (χ3v) is 2.76. The third-order valence-electron chi connectivity index (χ3n) is 2.76. The molecule has 0 saturated carbocycles. The summed E-state index contributed by atoms with van der Waals surface area (Å²) >= 11 is 0. The maximum Gasteiger partial charge on any atom is 0.146 e. The Bertz CT molecular complexity index is 451. The van der Waals surface area contributed by atoms with Gasteiger partial charge < -0.3 is 9.47 Å². The molecule has 5 nitrogen and oxygen atoms in total. The quantitative estimate of drug-likeness (QED) is 0.782. The molecular weight excluding hydrogens is 214 g/mol. The lowest BCUT2D eigenvalue weighted by molar-refractivity contribution is 0.621. The van der Waals surface area contributed by atoms with Gasteiger partial charge in [0.15, 0.2) is 0 Å². The number of hydrogen-bond acceptors (Lipinski definition) is 4. The number of anilines is 1. The lowest BCUT2D eigenvalue weighted by Crippen LogP contribution is -2.21. The van der Waals surface area contributed by atoms with Gasteiger partial charge in [0.1, 0.15) is 11.6 Å². The van der Waals surface area contributed by atoms with Crippen LogP contribution in [0, 0.1) is 6.92 Å². The lowest BCUT2D eigenvalue weighted by Gasteiger charge is -2.17. The molecule has 0 unspecified atom stereocenters. The molecule has 5 heteroatoms. The van der Waals surface area contributed by atoms with Crippen molar-refractivity contribution in [3.8, 4) is 0 Å². The molecule has 90 valence electrons. The van der Waals surface area contributed by atoms with E-state index in [0.717, 1.165) is 31.2 Å². The van der Waals surface area contributed by atoms with E-state index in [9.17, 15) is 0 Å². The molecule has 2 aromatic rings. The van der Waals surface area contributed by atoms with Crippen LogP contribution in [0.15, 0.2) is 31.0 Å². The van der Waals surface area contributed by atoms with Crippen LogP contribution in [0.3, 0.4) is 0 Å². The molecule has 2 aromatic heterocycles. The Kier molecular flexibility index (Phi) is 3.69. The number of aromatic nitrogens is 4. The lowest BCUT2D eigenvalue weighted by atomic mass is 10.4. The smallest absolute Gasteiger partial charge is 0.146 e. The molecule has 0 amide bonds. The van der Waals surface area contributed by atoms with Gasteiger partial charge in [-0.2, -0.15) is 0 Å². The van der Waals surface area contributed by atoms with Crippen LogP contribution in [-0.4, -0.2) is 33.1 Å². The van der Waals surface area contributed by atoms with Gasteiger partial charge in [0.2, 0.25) is 0 Å². The van der Waals surface area contributed by atoms with Crippen LogP contribution in [-0.2, 0) is 6.54 Å². The molecule has 17 heavy (non-hydrogen) atoms. The SMILES string of the molecule is Cc1nccn1CCCN(C)c1cnccn1. The Morgan fingerprint density at radius 2 is 2.12 bits per heavy atom. The summed E-state index contributed by atoms with van der Waals surface area (Å²) < 4.78 is 2.16. The molecule has 0 aliphatic heterocycles. The van der Waals surface area contributed by atoms with E-state index in [4.69, 9.17) is 0 Å². The Hall–Kier alpha value is -1.91. The van der Waals surface area contributed by atoms with E-state index in [1.165, 1.54) is 0 Å². The third kappa shape index (κ3) is 3.03. The summed E-state index contributed by atoms with van der Waals surface area (Å²) in [6.45, 7) is 3.96. The average molecular weight is 231 g/mol. The average Bonchev–Trinajstić information content (AvgIpc) is 2.76. The van der Waals surface area contributed by atoms with Crippen LogP contribution < -0.4 is 4.90 Å². The minimum Gasteiger partial charge on any atom is -0.358 e. The summed E-state index contributed by atoms with van der Waals surface area (Å²) in [4.78, 5) is 14.6. The highest BCUT2D eigenvalue weighted by molar-refractivity contribution is 5.33. The van der Waals surface area contributed by atoms with E-state index in [-0.39, 0.29) is 0 Å². The van der Waals surface area contributed by atoms with Crippen molar-refractivity contribution in [1.29, 1.82) is 0 Å². The van der Waals surface area contributed by atoms with Gasteiger partial charge in [-0.15, -0.1) is 0 Å². The summed E-state index contributed by atoms with van der Waals surface area (Å²) in [5.41, 5.74) is 0. The van der Waals surface area contributed by atoms with E-state index >= 15 is 0 Å². The van der Waals surface area contributed by atoms with Crippen LogP contribution >= 0.6 is 0 Å². The van der Waals surface area contributed by atoms with E-state index in [1.807, 2.05) is 26.4 Å². The maximum atomic E-state index is 4.26. The topological polar surface area (TPSA) is 46.8 Å². The van der Waals surface area contributed by atoms with Crippen LogP contribution in [0.4, 0.5) is 5.82 Å². The zero-order chi connectivity index (χ0) is 12.1. The predicted molar refractivity (Wildman–Crippen MR) is 66.9 cm³/mol. The van der Waals surface area contributed by atoms with E-state index < -0.39 is 0 Å². The minimum absolute atomic E-state index is 0.912. The van der Waals surface area contributed by atoms with E-state index in [0.29, 0.717) is 0 Å². The summed E-state index contributed by atoms with van der Waals surface area (Å²) in [5.74, 6) is 1.97. The Labute approximate surface area is 101 Å². The van der Waals surface area contributed by atoms with Gasteiger partial charge >= 0.3 is 0 Å². The molecule has 0 N–H and O–H groups in total. The van der Waals surface area contributed by atoms with Crippen LogP contribution in [0.2, 0.25) is 0 Å². The summed E-state index contributed by atoms with van der Waals surface area (Å²) in [5, 5.41) is 0. The normalized spacial score (nSPS) is 10.5. The maximum absolute atomic E-state index is 4.26. The van der Waals surface area contributed by atoms with E-state index in [1.54, 1.807) is 18.6 Å². The van der Waals surface area contributed by atoms with Gasteiger partial charge in [-0.1, -0.05) is 0 Å². The largest absolute Gasteiger partial charge is 0.358 e.